The fourth-order valence-corrected chi connectivity index (χ4v) is 4.03. The third kappa shape index (κ3) is 2.15. The van der Waals surface area contributed by atoms with Gasteiger partial charge in [-0.3, -0.25) is 0 Å². The van der Waals surface area contributed by atoms with E-state index in [-0.39, 0.29) is 16.8 Å². The van der Waals surface area contributed by atoms with Crippen LogP contribution in [0.4, 0.5) is 11.4 Å². The zero-order valence-electron chi connectivity index (χ0n) is 12.7. The van der Waals surface area contributed by atoms with Crippen molar-refractivity contribution in [3.8, 4) is 18.2 Å². The van der Waals surface area contributed by atoms with E-state index in [0.717, 1.165) is 5.19 Å². The van der Waals surface area contributed by atoms with Gasteiger partial charge < -0.3 is 11.5 Å². The van der Waals surface area contributed by atoms with Gasteiger partial charge in [0.05, 0.1) is 36.1 Å². The van der Waals surface area contributed by atoms with E-state index in [0.29, 0.717) is 22.0 Å². The lowest BCUT2D eigenvalue weighted by atomic mass is 9.96. The maximum atomic E-state index is 9.47. The van der Waals surface area contributed by atoms with Gasteiger partial charge in [-0.05, 0) is 11.3 Å². The Morgan fingerprint density at radius 2 is 1.41 bits per heavy atom. The van der Waals surface area contributed by atoms with Crippen LogP contribution < -0.4 is 16.7 Å². The number of nitriles is 3. The second kappa shape index (κ2) is 5.07. The van der Waals surface area contributed by atoms with Gasteiger partial charge in [0.15, 0.2) is 0 Å². The van der Waals surface area contributed by atoms with Crippen LogP contribution in [0, 0.1) is 34.0 Å². The largest absolute Gasteiger partial charge is 0.397 e. The molecule has 0 radical (unpaired) electrons. The summed E-state index contributed by atoms with van der Waals surface area (Å²) in [5.41, 5.74) is 13.4. The average Bonchev–Trinajstić information content (AvgIpc) is 2.45. The lowest BCUT2D eigenvalue weighted by Crippen LogP contribution is -2.40. The van der Waals surface area contributed by atoms with Crippen molar-refractivity contribution < 1.29 is 0 Å². The number of hydrogen-bond acceptors (Lipinski definition) is 5. The summed E-state index contributed by atoms with van der Waals surface area (Å²) in [6.45, 7) is 6.31. The molecule has 6 heteroatoms. The van der Waals surface area contributed by atoms with Crippen LogP contribution in [0.3, 0.4) is 0 Å². The van der Waals surface area contributed by atoms with E-state index in [1.165, 1.54) is 0 Å². The van der Waals surface area contributed by atoms with Crippen LogP contribution in [0.15, 0.2) is 12.1 Å². The van der Waals surface area contributed by atoms with E-state index in [1.54, 1.807) is 6.07 Å². The van der Waals surface area contributed by atoms with Gasteiger partial charge in [-0.1, -0.05) is 25.7 Å². The zero-order valence-corrected chi connectivity index (χ0v) is 13.7. The molecule has 0 unspecified atom stereocenters. The van der Waals surface area contributed by atoms with Crippen LogP contribution in [-0.2, 0) is 0 Å². The second-order valence-electron chi connectivity index (χ2n) is 6.11. The summed E-state index contributed by atoms with van der Waals surface area (Å²) in [5.74, 6) is 0. The van der Waals surface area contributed by atoms with Crippen molar-refractivity contribution in [1.29, 1.82) is 15.8 Å². The molecule has 0 aromatic heterocycles. The van der Waals surface area contributed by atoms with E-state index >= 15 is 0 Å². The van der Waals surface area contributed by atoms with E-state index in [4.69, 9.17) is 16.7 Å². The number of anilines is 2. The van der Waals surface area contributed by atoms with Crippen LogP contribution in [-0.4, -0.2) is 8.07 Å². The Bertz CT molecular complexity index is 918. The van der Waals surface area contributed by atoms with Crippen molar-refractivity contribution in [2.75, 3.05) is 11.5 Å². The minimum absolute atomic E-state index is 0.156. The highest BCUT2D eigenvalue weighted by Gasteiger charge is 2.25. The number of nitrogens with two attached hydrogens (primary N) is 2. The van der Waals surface area contributed by atoms with Crippen molar-refractivity contribution in [2.45, 2.75) is 19.6 Å². The first kappa shape index (κ1) is 15.4. The van der Waals surface area contributed by atoms with Crippen molar-refractivity contribution in [2.24, 2.45) is 0 Å². The highest BCUT2D eigenvalue weighted by molar-refractivity contribution is 6.89. The topological polar surface area (TPSA) is 123 Å². The number of nitrogens with zero attached hydrogens (tertiary/aromatic N) is 3. The van der Waals surface area contributed by atoms with Crippen molar-refractivity contribution in [3.05, 3.63) is 28.8 Å². The Balaban J connectivity index is 3.13. The van der Waals surface area contributed by atoms with E-state index in [2.05, 4.69) is 31.8 Å². The molecular formula is C16H15N5Si. The molecule has 0 amide bonds. The lowest BCUT2D eigenvalue weighted by Gasteiger charge is -2.21. The SMILES string of the molecule is C[Si](C)(C)c1cc2c(C#N)c(N)c(C#N)cc2c(N)c1C#N. The molecule has 5 nitrogen and oxygen atoms in total. The predicted octanol–water partition coefficient (Wildman–Crippen LogP) is 2.16. The molecule has 0 aliphatic carbocycles. The number of rotatable bonds is 1. The first-order valence-corrected chi connectivity index (χ1v) is 10.2. The van der Waals surface area contributed by atoms with Crippen LogP contribution in [0.2, 0.25) is 19.6 Å². The van der Waals surface area contributed by atoms with Gasteiger partial charge in [0, 0.05) is 10.8 Å². The number of hydrogen-bond donors (Lipinski definition) is 2. The number of nitrogen functional groups attached to an aromatic ring is 2. The number of benzene rings is 2. The molecular weight excluding hydrogens is 290 g/mol. The Hall–Kier alpha value is -3.01. The average molecular weight is 305 g/mol. The molecule has 2 rings (SSSR count). The summed E-state index contributed by atoms with van der Waals surface area (Å²) in [6.07, 6.45) is 0. The highest BCUT2D eigenvalue weighted by Crippen LogP contribution is 2.32. The molecule has 0 saturated heterocycles. The summed E-state index contributed by atoms with van der Waals surface area (Å²) in [6, 6.07) is 9.58. The van der Waals surface area contributed by atoms with Gasteiger partial charge in [-0.2, -0.15) is 15.8 Å². The monoisotopic (exact) mass is 305 g/mol. The van der Waals surface area contributed by atoms with Crippen molar-refractivity contribution in [1.82, 2.24) is 0 Å². The van der Waals surface area contributed by atoms with Gasteiger partial charge in [-0.15, -0.1) is 0 Å². The van der Waals surface area contributed by atoms with Gasteiger partial charge in [0.25, 0.3) is 0 Å². The van der Waals surface area contributed by atoms with Crippen LogP contribution >= 0.6 is 0 Å². The molecule has 2 aromatic carbocycles. The molecule has 0 saturated carbocycles. The summed E-state index contributed by atoms with van der Waals surface area (Å²) >= 11 is 0. The van der Waals surface area contributed by atoms with Crippen LogP contribution in [0.25, 0.3) is 10.8 Å². The standard InChI is InChI=1S/C16H15N5Si/c1-22(2,3)14-5-10-11(16(21)13(14)8-19)4-9(6-17)15(20)12(10)7-18/h4-5H,20-21H2,1-3H3. The third-order valence-electron chi connectivity index (χ3n) is 3.68. The maximum Gasteiger partial charge on any atom is 0.102 e. The molecule has 4 N–H and O–H groups in total. The quantitative estimate of drug-likeness (QED) is 0.617. The second-order valence-corrected chi connectivity index (χ2v) is 11.1. The Labute approximate surface area is 130 Å². The highest BCUT2D eigenvalue weighted by atomic mass is 28.3. The summed E-state index contributed by atoms with van der Waals surface area (Å²) in [5, 5.41) is 30.1. The molecule has 108 valence electrons. The summed E-state index contributed by atoms with van der Waals surface area (Å²) in [7, 11) is -1.84. The lowest BCUT2D eigenvalue weighted by molar-refractivity contribution is 1.46. The van der Waals surface area contributed by atoms with E-state index in [9.17, 15) is 10.5 Å². The Kier molecular flexibility index (Phi) is 3.55. The fourth-order valence-electron chi connectivity index (χ4n) is 2.51. The van der Waals surface area contributed by atoms with E-state index in [1.807, 2.05) is 12.1 Å². The number of fused-ring (bicyclic) bond motifs is 1. The minimum atomic E-state index is -1.84. The van der Waals surface area contributed by atoms with E-state index < -0.39 is 8.07 Å². The molecule has 0 aliphatic rings. The molecule has 0 heterocycles. The molecule has 22 heavy (non-hydrogen) atoms. The molecule has 2 aromatic rings. The van der Waals surface area contributed by atoms with Gasteiger partial charge in [0.2, 0.25) is 0 Å². The first-order valence-electron chi connectivity index (χ1n) is 6.65. The molecule has 0 aliphatic heterocycles. The Morgan fingerprint density at radius 1 is 0.818 bits per heavy atom. The van der Waals surface area contributed by atoms with Crippen molar-refractivity contribution >= 4 is 35.4 Å². The van der Waals surface area contributed by atoms with Gasteiger partial charge >= 0.3 is 0 Å². The summed E-state index contributed by atoms with van der Waals surface area (Å²) in [4.78, 5) is 0. The summed E-state index contributed by atoms with van der Waals surface area (Å²) < 4.78 is 0. The molecule has 0 atom stereocenters. The predicted molar refractivity (Wildman–Crippen MR) is 89.9 cm³/mol. The van der Waals surface area contributed by atoms with Gasteiger partial charge in [0.1, 0.15) is 18.2 Å². The van der Waals surface area contributed by atoms with Crippen LogP contribution in [0.5, 0.6) is 0 Å². The normalized spacial score (nSPS) is 10.7. The molecule has 0 spiro atoms. The minimum Gasteiger partial charge on any atom is -0.397 e. The first-order chi connectivity index (χ1) is 10.3. The van der Waals surface area contributed by atoms with Crippen molar-refractivity contribution in [3.63, 3.8) is 0 Å². The third-order valence-corrected chi connectivity index (χ3v) is 5.69. The van der Waals surface area contributed by atoms with Crippen LogP contribution in [0.1, 0.15) is 16.7 Å². The Morgan fingerprint density at radius 3 is 1.86 bits per heavy atom. The maximum absolute atomic E-state index is 9.47. The smallest absolute Gasteiger partial charge is 0.102 e. The molecule has 0 bridgehead atoms. The van der Waals surface area contributed by atoms with Gasteiger partial charge in [-0.25, -0.2) is 0 Å². The zero-order chi connectivity index (χ0) is 16.7. The fraction of sp³-hybridized carbons (Fsp3) is 0.188. The molecule has 0 fully saturated rings.